The first-order valence-electron chi connectivity index (χ1n) is 3.24. The summed E-state index contributed by atoms with van der Waals surface area (Å²) in [5, 5.41) is 8.58. The summed E-state index contributed by atoms with van der Waals surface area (Å²) in [4.78, 5) is 0. The molecule has 0 rings (SSSR count). The Balaban J connectivity index is 4.80. The van der Waals surface area contributed by atoms with Crippen LogP contribution in [-0.2, 0) is 0 Å². The van der Waals surface area contributed by atoms with Gasteiger partial charge in [0.25, 0.3) is 0 Å². The zero-order valence-electron chi connectivity index (χ0n) is 6.47. The summed E-state index contributed by atoms with van der Waals surface area (Å²) in [6.45, 7) is 5.39. The van der Waals surface area contributed by atoms with Crippen molar-refractivity contribution in [2.75, 3.05) is 5.88 Å². The van der Waals surface area contributed by atoms with Crippen molar-refractivity contribution >= 4 is 11.6 Å². The minimum atomic E-state index is 0.346. The summed E-state index contributed by atoms with van der Waals surface area (Å²) in [6.07, 6.45) is 5.17. The second kappa shape index (κ2) is 5.76. The monoisotopic (exact) mass is 167 g/mol. The minimum absolute atomic E-state index is 0.346. The van der Waals surface area contributed by atoms with Gasteiger partial charge in [-0.05, 0) is 12.5 Å². The highest BCUT2D eigenvalue weighted by Gasteiger charge is 1.96. The van der Waals surface area contributed by atoms with E-state index in [0.717, 1.165) is 5.57 Å². The van der Waals surface area contributed by atoms with Gasteiger partial charge < -0.3 is 0 Å². The van der Waals surface area contributed by atoms with E-state index in [1.807, 2.05) is 25.1 Å². The largest absolute Gasteiger partial charge is 0.192 e. The Kier molecular flexibility index (Phi) is 5.24. The lowest BCUT2D eigenvalue weighted by molar-refractivity contribution is 1.42. The minimum Gasteiger partial charge on any atom is -0.192 e. The van der Waals surface area contributed by atoms with Gasteiger partial charge in [0.1, 0.15) is 0 Å². The molecule has 11 heavy (non-hydrogen) atoms. The Bertz CT molecular complexity index is 230. The molecule has 58 valence electrons. The molecule has 0 bridgehead atoms. The molecule has 0 fully saturated rings. The van der Waals surface area contributed by atoms with Gasteiger partial charge in [-0.25, -0.2) is 0 Å². The summed E-state index contributed by atoms with van der Waals surface area (Å²) in [5.41, 5.74) is 1.35. The maximum absolute atomic E-state index is 8.58. The zero-order valence-corrected chi connectivity index (χ0v) is 7.23. The highest BCUT2D eigenvalue weighted by atomic mass is 35.5. The van der Waals surface area contributed by atoms with Gasteiger partial charge in [0.15, 0.2) is 0 Å². The molecular formula is C9H10ClN. The molecule has 0 amide bonds. The molecule has 0 saturated carbocycles. The quantitative estimate of drug-likeness (QED) is 0.360. The third kappa shape index (κ3) is 3.06. The molecule has 0 N–H and O–H groups in total. The lowest BCUT2D eigenvalue weighted by Gasteiger charge is -1.95. The topological polar surface area (TPSA) is 23.8 Å². The van der Waals surface area contributed by atoms with Crippen LogP contribution in [0.25, 0.3) is 0 Å². The number of nitriles is 1. The summed E-state index contributed by atoms with van der Waals surface area (Å²) < 4.78 is 0. The molecule has 0 aromatic rings. The van der Waals surface area contributed by atoms with Gasteiger partial charge in [-0.15, -0.1) is 11.6 Å². The summed E-state index contributed by atoms with van der Waals surface area (Å²) in [6, 6.07) is 2.01. The molecule has 0 heterocycles. The normalized spacial score (nSPS) is 12.5. The van der Waals surface area contributed by atoms with Crippen molar-refractivity contribution in [3.05, 3.63) is 36.0 Å². The first-order valence-corrected chi connectivity index (χ1v) is 3.78. The van der Waals surface area contributed by atoms with Crippen molar-refractivity contribution in [1.82, 2.24) is 0 Å². The number of alkyl halides is 1. The molecule has 2 heteroatoms. The standard InChI is InChI=1S/C9H10ClN/c1-3-5-9(6-10)8(4-2)7-11/h3-5H,2,6H2,1H3/b5-3-,9-8-. The molecule has 0 aromatic heterocycles. The van der Waals surface area contributed by atoms with Gasteiger partial charge >= 0.3 is 0 Å². The van der Waals surface area contributed by atoms with Gasteiger partial charge in [-0.3, -0.25) is 0 Å². The molecule has 0 atom stereocenters. The first-order chi connectivity index (χ1) is 5.29. The number of halogens is 1. The van der Waals surface area contributed by atoms with E-state index in [1.165, 1.54) is 6.08 Å². The van der Waals surface area contributed by atoms with E-state index < -0.39 is 0 Å². The lowest BCUT2D eigenvalue weighted by Crippen LogP contribution is -1.85. The van der Waals surface area contributed by atoms with E-state index in [2.05, 4.69) is 6.58 Å². The van der Waals surface area contributed by atoms with Crippen LogP contribution in [0.1, 0.15) is 6.92 Å². The highest BCUT2D eigenvalue weighted by molar-refractivity contribution is 6.19. The fraction of sp³-hybridized carbons (Fsp3) is 0.222. The van der Waals surface area contributed by atoms with Crippen LogP contribution in [0.5, 0.6) is 0 Å². The van der Waals surface area contributed by atoms with E-state index >= 15 is 0 Å². The molecule has 0 aromatic carbocycles. The number of rotatable bonds is 3. The predicted octanol–water partition coefficient (Wildman–Crippen LogP) is 2.81. The van der Waals surface area contributed by atoms with Crippen LogP contribution >= 0.6 is 11.6 Å². The van der Waals surface area contributed by atoms with Gasteiger partial charge in [0.05, 0.1) is 11.6 Å². The average Bonchev–Trinajstić information content (AvgIpc) is 2.05. The number of hydrogen-bond donors (Lipinski definition) is 0. The van der Waals surface area contributed by atoms with Crippen LogP contribution in [0.15, 0.2) is 36.0 Å². The predicted molar refractivity (Wildman–Crippen MR) is 48.4 cm³/mol. The molecule has 0 radical (unpaired) electrons. The van der Waals surface area contributed by atoms with Crippen LogP contribution in [-0.4, -0.2) is 5.88 Å². The smallest absolute Gasteiger partial charge is 0.0994 e. The van der Waals surface area contributed by atoms with E-state index in [-0.39, 0.29) is 0 Å². The van der Waals surface area contributed by atoms with Crippen LogP contribution in [0.3, 0.4) is 0 Å². The lowest BCUT2D eigenvalue weighted by atomic mass is 10.1. The number of nitrogens with zero attached hydrogens (tertiary/aromatic N) is 1. The van der Waals surface area contributed by atoms with Gasteiger partial charge in [-0.2, -0.15) is 5.26 Å². The van der Waals surface area contributed by atoms with Crippen LogP contribution < -0.4 is 0 Å². The Morgan fingerprint density at radius 2 is 2.36 bits per heavy atom. The van der Waals surface area contributed by atoms with Crippen LogP contribution in [0.4, 0.5) is 0 Å². The Labute approximate surface area is 72.3 Å². The Hall–Kier alpha value is -1.000. The van der Waals surface area contributed by atoms with Crippen molar-refractivity contribution in [3.63, 3.8) is 0 Å². The molecule has 0 aliphatic carbocycles. The number of allylic oxidation sites excluding steroid dienone is 5. The van der Waals surface area contributed by atoms with Gasteiger partial charge in [0.2, 0.25) is 0 Å². The second-order valence-electron chi connectivity index (χ2n) is 1.89. The van der Waals surface area contributed by atoms with Crippen molar-refractivity contribution in [2.45, 2.75) is 6.92 Å². The Morgan fingerprint density at radius 3 is 2.64 bits per heavy atom. The fourth-order valence-corrected chi connectivity index (χ4v) is 0.889. The first kappa shape index (κ1) is 10.0. The molecule has 0 aliphatic rings. The van der Waals surface area contributed by atoms with Gasteiger partial charge in [-0.1, -0.05) is 24.8 Å². The Morgan fingerprint density at radius 1 is 1.73 bits per heavy atom. The third-order valence-corrected chi connectivity index (χ3v) is 1.47. The SMILES string of the molecule is C=C/C(C#N)=C(\C=C/C)CCl. The van der Waals surface area contributed by atoms with E-state index in [9.17, 15) is 0 Å². The van der Waals surface area contributed by atoms with E-state index in [1.54, 1.807) is 0 Å². The van der Waals surface area contributed by atoms with E-state index in [4.69, 9.17) is 16.9 Å². The molecule has 0 aliphatic heterocycles. The van der Waals surface area contributed by atoms with Crippen LogP contribution in [0, 0.1) is 11.3 Å². The van der Waals surface area contributed by atoms with Crippen molar-refractivity contribution in [3.8, 4) is 6.07 Å². The molecule has 0 unspecified atom stereocenters. The molecule has 1 nitrogen and oxygen atoms in total. The maximum atomic E-state index is 8.58. The molecule has 0 spiro atoms. The second-order valence-corrected chi connectivity index (χ2v) is 2.16. The molecular weight excluding hydrogens is 158 g/mol. The van der Waals surface area contributed by atoms with Crippen LogP contribution in [0.2, 0.25) is 0 Å². The van der Waals surface area contributed by atoms with Gasteiger partial charge in [0, 0.05) is 5.88 Å². The average molecular weight is 168 g/mol. The molecule has 0 saturated heterocycles. The maximum Gasteiger partial charge on any atom is 0.0994 e. The summed E-state index contributed by atoms with van der Waals surface area (Å²) in [7, 11) is 0. The van der Waals surface area contributed by atoms with Crippen molar-refractivity contribution < 1.29 is 0 Å². The van der Waals surface area contributed by atoms with Crippen molar-refractivity contribution in [1.29, 1.82) is 5.26 Å². The highest BCUT2D eigenvalue weighted by Crippen LogP contribution is 2.08. The van der Waals surface area contributed by atoms with Crippen molar-refractivity contribution in [2.24, 2.45) is 0 Å². The fourth-order valence-electron chi connectivity index (χ4n) is 0.656. The zero-order chi connectivity index (χ0) is 8.69. The van der Waals surface area contributed by atoms with E-state index in [0.29, 0.717) is 11.5 Å². The third-order valence-electron chi connectivity index (χ3n) is 1.18. The number of hydrogen-bond acceptors (Lipinski definition) is 1. The summed E-state index contributed by atoms with van der Waals surface area (Å²) >= 11 is 5.59. The summed E-state index contributed by atoms with van der Waals surface area (Å²) in [5.74, 6) is 0.346.